The molecule has 0 bridgehead atoms. The highest BCUT2D eigenvalue weighted by molar-refractivity contribution is 6.29. The second-order valence-corrected chi connectivity index (χ2v) is 7.62. The lowest BCUT2D eigenvalue weighted by molar-refractivity contribution is 0.0713. The quantitative estimate of drug-likeness (QED) is 0.588. The van der Waals surface area contributed by atoms with Gasteiger partial charge in [0.2, 0.25) is 0 Å². The van der Waals surface area contributed by atoms with Gasteiger partial charge in [-0.2, -0.15) is 0 Å². The van der Waals surface area contributed by atoms with Crippen LogP contribution >= 0.6 is 11.6 Å². The summed E-state index contributed by atoms with van der Waals surface area (Å²) in [4.78, 5) is 18.7. The molecule has 1 saturated heterocycles. The molecule has 0 N–H and O–H groups in total. The Bertz CT molecular complexity index is 940. The van der Waals surface area contributed by atoms with Crippen molar-refractivity contribution in [3.05, 3.63) is 65.1 Å². The number of aryl methyl sites for hydroxylation is 1. The first-order valence-corrected chi connectivity index (χ1v) is 10.0. The number of hydrogen-bond donors (Lipinski definition) is 0. The Labute approximate surface area is 164 Å². The van der Waals surface area contributed by atoms with Crippen LogP contribution in [0.4, 0.5) is 0 Å². The molecular weight excluding hydrogens is 358 g/mol. The lowest BCUT2D eigenvalue weighted by Gasteiger charge is -2.32. The number of pyridine rings is 1. The van der Waals surface area contributed by atoms with Gasteiger partial charge >= 0.3 is 0 Å². The number of aromatic nitrogens is 2. The molecule has 1 aromatic carbocycles. The zero-order valence-corrected chi connectivity index (χ0v) is 16.3. The van der Waals surface area contributed by atoms with Gasteiger partial charge in [0.25, 0.3) is 5.91 Å². The fourth-order valence-corrected chi connectivity index (χ4v) is 4.22. The summed E-state index contributed by atoms with van der Waals surface area (Å²) in [6, 6.07) is 12.1. The van der Waals surface area contributed by atoms with Crippen LogP contribution in [0.3, 0.4) is 0 Å². The summed E-state index contributed by atoms with van der Waals surface area (Å²) in [5.74, 6) is 0.548. The van der Waals surface area contributed by atoms with Crippen LogP contribution in [0.2, 0.25) is 5.15 Å². The lowest BCUT2D eigenvalue weighted by Crippen LogP contribution is -2.37. The summed E-state index contributed by atoms with van der Waals surface area (Å²) in [6.45, 7) is 4.81. The van der Waals surface area contributed by atoms with E-state index in [0.717, 1.165) is 38.9 Å². The van der Waals surface area contributed by atoms with Crippen LogP contribution in [0.15, 0.2) is 48.8 Å². The van der Waals surface area contributed by atoms with Crippen LogP contribution in [0.25, 0.3) is 10.9 Å². The van der Waals surface area contributed by atoms with Crippen molar-refractivity contribution in [2.24, 2.45) is 0 Å². The van der Waals surface area contributed by atoms with E-state index in [9.17, 15) is 4.79 Å². The number of piperidine rings is 1. The average molecular weight is 382 g/mol. The SMILES string of the molecule is CCCn1cc(C2CCN(C(=O)c3ccc(Cl)nc3)CC2)c2ccccc21. The molecule has 140 valence electrons. The van der Waals surface area contributed by atoms with Gasteiger partial charge in [-0.1, -0.05) is 36.7 Å². The van der Waals surface area contributed by atoms with Crippen molar-refractivity contribution < 1.29 is 4.79 Å². The molecule has 5 heteroatoms. The summed E-state index contributed by atoms with van der Waals surface area (Å²) in [6.07, 6.45) is 7.01. The van der Waals surface area contributed by atoms with Gasteiger partial charge in [-0.15, -0.1) is 0 Å². The molecule has 27 heavy (non-hydrogen) atoms. The van der Waals surface area contributed by atoms with Crippen LogP contribution in [0.5, 0.6) is 0 Å². The molecule has 1 aliphatic heterocycles. The molecule has 1 fully saturated rings. The zero-order valence-electron chi connectivity index (χ0n) is 15.6. The number of amides is 1. The Kier molecular flexibility index (Phi) is 5.17. The van der Waals surface area contributed by atoms with Crippen molar-refractivity contribution in [2.45, 2.75) is 38.6 Å². The van der Waals surface area contributed by atoms with E-state index in [2.05, 4.69) is 46.9 Å². The van der Waals surface area contributed by atoms with Gasteiger partial charge in [0.05, 0.1) is 5.56 Å². The molecule has 1 amide bonds. The fourth-order valence-electron chi connectivity index (χ4n) is 4.10. The Morgan fingerprint density at radius 2 is 1.96 bits per heavy atom. The number of halogens is 1. The predicted molar refractivity (Wildman–Crippen MR) is 109 cm³/mol. The van der Waals surface area contributed by atoms with Crippen LogP contribution in [0.1, 0.15) is 48.0 Å². The summed E-state index contributed by atoms with van der Waals surface area (Å²) >= 11 is 5.82. The molecular formula is C22H24ClN3O. The van der Waals surface area contributed by atoms with Crippen molar-refractivity contribution in [2.75, 3.05) is 13.1 Å². The van der Waals surface area contributed by atoms with Crippen LogP contribution < -0.4 is 0 Å². The standard InChI is InChI=1S/C22H24ClN3O/c1-2-11-26-15-19(18-5-3-4-6-20(18)26)16-9-12-25(13-10-16)22(27)17-7-8-21(23)24-14-17/h3-8,14-16H,2,9-13H2,1H3. The molecule has 0 radical (unpaired) electrons. The van der Waals surface area contributed by atoms with E-state index in [1.807, 2.05) is 4.90 Å². The van der Waals surface area contributed by atoms with Gasteiger partial charge in [0.15, 0.2) is 0 Å². The van der Waals surface area contributed by atoms with Gasteiger partial charge in [0, 0.05) is 42.9 Å². The highest BCUT2D eigenvalue weighted by Crippen LogP contribution is 2.35. The minimum Gasteiger partial charge on any atom is -0.347 e. The fraction of sp³-hybridized carbons (Fsp3) is 0.364. The number of para-hydroxylation sites is 1. The first kappa shape index (κ1) is 18.1. The molecule has 3 heterocycles. The minimum absolute atomic E-state index is 0.0472. The Hall–Kier alpha value is -2.33. The molecule has 1 aliphatic rings. The number of carbonyl (C=O) groups excluding carboxylic acids is 1. The van der Waals surface area contributed by atoms with Gasteiger partial charge in [-0.25, -0.2) is 4.98 Å². The molecule has 0 unspecified atom stereocenters. The van der Waals surface area contributed by atoms with Crippen molar-refractivity contribution in [3.8, 4) is 0 Å². The maximum Gasteiger partial charge on any atom is 0.255 e. The van der Waals surface area contributed by atoms with E-state index in [4.69, 9.17) is 11.6 Å². The summed E-state index contributed by atoms with van der Waals surface area (Å²) in [5.41, 5.74) is 3.36. The van der Waals surface area contributed by atoms with E-state index in [1.165, 1.54) is 16.5 Å². The molecule has 4 rings (SSSR count). The van der Waals surface area contributed by atoms with Crippen LogP contribution in [-0.2, 0) is 6.54 Å². The molecule has 0 atom stereocenters. The number of hydrogen-bond acceptors (Lipinski definition) is 2. The predicted octanol–water partition coefficient (Wildman–Crippen LogP) is 5.12. The van der Waals surface area contributed by atoms with Gasteiger partial charge in [0.1, 0.15) is 5.15 Å². The normalized spacial score (nSPS) is 15.4. The molecule has 3 aromatic rings. The van der Waals surface area contributed by atoms with E-state index in [0.29, 0.717) is 16.6 Å². The number of benzene rings is 1. The highest BCUT2D eigenvalue weighted by Gasteiger charge is 2.26. The first-order valence-electron chi connectivity index (χ1n) is 9.66. The van der Waals surface area contributed by atoms with E-state index in [-0.39, 0.29) is 5.91 Å². The Balaban J connectivity index is 1.50. The molecule has 0 saturated carbocycles. The second kappa shape index (κ2) is 7.73. The second-order valence-electron chi connectivity index (χ2n) is 7.23. The Morgan fingerprint density at radius 3 is 2.67 bits per heavy atom. The van der Waals surface area contributed by atoms with Crippen molar-refractivity contribution in [1.29, 1.82) is 0 Å². The number of likely N-dealkylation sites (tertiary alicyclic amines) is 1. The topological polar surface area (TPSA) is 38.1 Å². The third-order valence-corrected chi connectivity index (χ3v) is 5.70. The maximum atomic E-state index is 12.7. The molecule has 0 aliphatic carbocycles. The van der Waals surface area contributed by atoms with Crippen LogP contribution in [-0.4, -0.2) is 33.4 Å². The van der Waals surface area contributed by atoms with Gasteiger partial charge in [-0.05, 0) is 48.9 Å². The number of nitrogens with zero attached hydrogens (tertiary/aromatic N) is 3. The number of carbonyl (C=O) groups is 1. The highest BCUT2D eigenvalue weighted by atomic mass is 35.5. The third-order valence-electron chi connectivity index (χ3n) is 5.48. The zero-order chi connectivity index (χ0) is 18.8. The summed E-state index contributed by atoms with van der Waals surface area (Å²) in [5, 5.41) is 1.77. The Morgan fingerprint density at radius 1 is 1.19 bits per heavy atom. The van der Waals surface area contributed by atoms with Crippen molar-refractivity contribution in [3.63, 3.8) is 0 Å². The average Bonchev–Trinajstić information content (AvgIpc) is 3.07. The number of rotatable bonds is 4. The van der Waals surface area contributed by atoms with Crippen molar-refractivity contribution in [1.82, 2.24) is 14.5 Å². The molecule has 0 spiro atoms. The van der Waals surface area contributed by atoms with Crippen LogP contribution in [0, 0.1) is 0 Å². The number of fused-ring (bicyclic) bond motifs is 1. The minimum atomic E-state index is 0.0472. The first-order chi connectivity index (χ1) is 13.2. The van der Waals surface area contributed by atoms with E-state index in [1.54, 1.807) is 18.3 Å². The smallest absolute Gasteiger partial charge is 0.255 e. The van der Waals surface area contributed by atoms with Gasteiger partial charge < -0.3 is 9.47 Å². The lowest BCUT2D eigenvalue weighted by atomic mass is 9.89. The molecule has 4 nitrogen and oxygen atoms in total. The third kappa shape index (κ3) is 3.59. The molecule has 2 aromatic heterocycles. The van der Waals surface area contributed by atoms with E-state index < -0.39 is 0 Å². The summed E-state index contributed by atoms with van der Waals surface area (Å²) in [7, 11) is 0. The van der Waals surface area contributed by atoms with E-state index >= 15 is 0 Å². The maximum absolute atomic E-state index is 12.7. The monoisotopic (exact) mass is 381 g/mol. The van der Waals surface area contributed by atoms with Gasteiger partial charge in [-0.3, -0.25) is 4.79 Å². The largest absolute Gasteiger partial charge is 0.347 e. The summed E-state index contributed by atoms with van der Waals surface area (Å²) < 4.78 is 2.38. The van der Waals surface area contributed by atoms with Crippen molar-refractivity contribution >= 4 is 28.4 Å².